The van der Waals surface area contributed by atoms with E-state index in [1.54, 1.807) is 19.2 Å². The Morgan fingerprint density at radius 1 is 1.47 bits per heavy atom. The van der Waals surface area contributed by atoms with Crippen LogP contribution in [0.3, 0.4) is 0 Å². The number of hydrogen-bond donors (Lipinski definition) is 3. The van der Waals surface area contributed by atoms with E-state index in [1.807, 2.05) is 0 Å². The van der Waals surface area contributed by atoms with Crippen molar-refractivity contribution in [3.63, 3.8) is 0 Å². The zero-order valence-electron chi connectivity index (χ0n) is 11.0. The number of carbonyl (C=O) groups excluding carboxylic acids is 1. The number of rotatable bonds is 6. The lowest BCUT2D eigenvalue weighted by Crippen LogP contribution is -2.25. The van der Waals surface area contributed by atoms with Crippen molar-refractivity contribution >= 4 is 23.0 Å². The van der Waals surface area contributed by atoms with Crippen molar-refractivity contribution < 1.29 is 14.3 Å². The molecule has 0 unspecified atom stereocenters. The van der Waals surface area contributed by atoms with Crippen LogP contribution in [0.2, 0.25) is 0 Å². The third-order valence-electron chi connectivity index (χ3n) is 2.88. The summed E-state index contributed by atoms with van der Waals surface area (Å²) in [7, 11) is 1.69. The molecular weight excluding hydrogens is 246 g/mol. The molecule has 0 bridgehead atoms. The van der Waals surface area contributed by atoms with Gasteiger partial charge in [0.1, 0.15) is 5.75 Å². The summed E-state index contributed by atoms with van der Waals surface area (Å²) in [5.41, 5.74) is 8.02. The van der Waals surface area contributed by atoms with Gasteiger partial charge in [-0.05, 0) is 18.9 Å². The Kier molecular flexibility index (Phi) is 4.46. The average Bonchev–Trinajstić information content (AvgIpc) is 2.39. The van der Waals surface area contributed by atoms with Crippen molar-refractivity contribution in [1.29, 1.82) is 0 Å². The van der Waals surface area contributed by atoms with Gasteiger partial charge in [-0.3, -0.25) is 4.79 Å². The summed E-state index contributed by atoms with van der Waals surface area (Å²) in [4.78, 5) is 11.3. The second-order valence-electron chi connectivity index (χ2n) is 4.40. The maximum atomic E-state index is 11.3. The zero-order valence-corrected chi connectivity index (χ0v) is 11.0. The Morgan fingerprint density at radius 2 is 2.32 bits per heavy atom. The number of unbranched alkanes of at least 4 members (excludes halogenated alkanes) is 1. The molecular formula is C13H19N3O3. The smallest absolute Gasteiger partial charge is 0.262 e. The summed E-state index contributed by atoms with van der Waals surface area (Å²) in [5.74, 6) is 0.463. The first-order valence-electron chi connectivity index (χ1n) is 6.29. The SMILES string of the molecule is COCCCCNc1cc2c(cc1N)OCC(=O)N2. The van der Waals surface area contributed by atoms with E-state index < -0.39 is 0 Å². The standard InChI is InChI=1S/C13H19N3O3/c1-18-5-3-2-4-15-10-7-11-12(6-9(10)14)19-8-13(17)16-11/h6-7,15H,2-5,8,14H2,1H3,(H,16,17). The van der Waals surface area contributed by atoms with E-state index in [0.29, 0.717) is 17.1 Å². The van der Waals surface area contributed by atoms with E-state index in [1.165, 1.54) is 0 Å². The molecule has 0 saturated heterocycles. The molecule has 1 aliphatic heterocycles. The average molecular weight is 265 g/mol. The molecule has 19 heavy (non-hydrogen) atoms. The van der Waals surface area contributed by atoms with Gasteiger partial charge in [0.05, 0.1) is 17.1 Å². The molecule has 1 aliphatic rings. The minimum atomic E-state index is -0.150. The molecule has 4 N–H and O–H groups in total. The minimum absolute atomic E-state index is 0.0379. The van der Waals surface area contributed by atoms with Crippen LogP contribution in [0.25, 0.3) is 0 Å². The lowest BCUT2D eigenvalue weighted by molar-refractivity contribution is -0.118. The van der Waals surface area contributed by atoms with E-state index >= 15 is 0 Å². The van der Waals surface area contributed by atoms with Crippen LogP contribution in [0.15, 0.2) is 12.1 Å². The van der Waals surface area contributed by atoms with Crippen molar-refractivity contribution in [3.05, 3.63) is 12.1 Å². The van der Waals surface area contributed by atoms with Crippen LogP contribution in [0.4, 0.5) is 17.1 Å². The topological polar surface area (TPSA) is 85.6 Å². The lowest BCUT2D eigenvalue weighted by Gasteiger charge is -2.20. The van der Waals surface area contributed by atoms with Crippen molar-refractivity contribution in [2.75, 3.05) is 43.2 Å². The van der Waals surface area contributed by atoms with Crippen LogP contribution in [-0.4, -0.2) is 32.8 Å². The molecule has 1 aromatic rings. The molecule has 1 amide bonds. The number of ether oxygens (including phenoxy) is 2. The van der Waals surface area contributed by atoms with Gasteiger partial charge in [-0.1, -0.05) is 0 Å². The summed E-state index contributed by atoms with van der Waals surface area (Å²) >= 11 is 0. The van der Waals surface area contributed by atoms with Gasteiger partial charge in [0.15, 0.2) is 6.61 Å². The number of nitrogens with one attached hydrogen (secondary N) is 2. The molecule has 1 aromatic carbocycles. The zero-order chi connectivity index (χ0) is 13.7. The van der Waals surface area contributed by atoms with E-state index in [0.717, 1.165) is 31.7 Å². The summed E-state index contributed by atoms with van der Waals surface area (Å²) in [6.07, 6.45) is 1.99. The molecule has 6 heteroatoms. The highest BCUT2D eigenvalue weighted by atomic mass is 16.5. The molecule has 0 saturated carbocycles. The molecule has 1 heterocycles. The fourth-order valence-corrected chi connectivity index (χ4v) is 1.89. The molecule has 0 aliphatic carbocycles. The van der Waals surface area contributed by atoms with Gasteiger partial charge in [0.25, 0.3) is 5.91 Å². The van der Waals surface area contributed by atoms with Gasteiger partial charge < -0.3 is 25.8 Å². The maximum absolute atomic E-state index is 11.3. The summed E-state index contributed by atoms with van der Waals surface area (Å²) < 4.78 is 10.3. The fourth-order valence-electron chi connectivity index (χ4n) is 1.89. The molecule has 0 spiro atoms. The van der Waals surface area contributed by atoms with Crippen LogP contribution >= 0.6 is 0 Å². The maximum Gasteiger partial charge on any atom is 0.262 e. The highest BCUT2D eigenvalue weighted by Gasteiger charge is 2.17. The quantitative estimate of drug-likeness (QED) is 0.535. The number of nitrogens with two attached hydrogens (primary N) is 1. The molecule has 0 radical (unpaired) electrons. The fraction of sp³-hybridized carbons (Fsp3) is 0.462. The van der Waals surface area contributed by atoms with E-state index in [2.05, 4.69) is 10.6 Å². The molecule has 2 rings (SSSR count). The third-order valence-corrected chi connectivity index (χ3v) is 2.88. The van der Waals surface area contributed by atoms with Crippen molar-refractivity contribution in [2.24, 2.45) is 0 Å². The molecule has 0 aromatic heterocycles. The van der Waals surface area contributed by atoms with E-state index in [-0.39, 0.29) is 12.5 Å². The largest absolute Gasteiger partial charge is 0.482 e. The van der Waals surface area contributed by atoms with Gasteiger partial charge in [-0.2, -0.15) is 0 Å². The predicted octanol–water partition coefficient (Wildman–Crippen LogP) is 1.44. The first-order valence-corrected chi connectivity index (χ1v) is 6.29. The van der Waals surface area contributed by atoms with Gasteiger partial charge in [0, 0.05) is 26.3 Å². The van der Waals surface area contributed by atoms with Gasteiger partial charge in [0.2, 0.25) is 0 Å². The Morgan fingerprint density at radius 3 is 3.11 bits per heavy atom. The first-order chi connectivity index (χ1) is 9.20. The Labute approximate surface area is 112 Å². The molecule has 0 atom stereocenters. The number of fused-ring (bicyclic) bond motifs is 1. The van der Waals surface area contributed by atoms with Gasteiger partial charge in [-0.15, -0.1) is 0 Å². The van der Waals surface area contributed by atoms with Gasteiger partial charge >= 0.3 is 0 Å². The predicted molar refractivity (Wildman–Crippen MR) is 74.6 cm³/mol. The Balaban J connectivity index is 1.97. The normalized spacial score (nSPS) is 13.4. The third kappa shape index (κ3) is 3.51. The summed E-state index contributed by atoms with van der Waals surface area (Å²) in [6.45, 7) is 1.60. The first kappa shape index (κ1) is 13.5. The van der Waals surface area contributed by atoms with E-state index in [9.17, 15) is 4.79 Å². The number of benzene rings is 1. The van der Waals surface area contributed by atoms with Crippen molar-refractivity contribution in [2.45, 2.75) is 12.8 Å². The van der Waals surface area contributed by atoms with Crippen LogP contribution in [0.1, 0.15) is 12.8 Å². The highest BCUT2D eigenvalue weighted by molar-refractivity contribution is 5.97. The van der Waals surface area contributed by atoms with Crippen LogP contribution < -0.4 is 21.1 Å². The number of hydrogen-bond acceptors (Lipinski definition) is 5. The minimum Gasteiger partial charge on any atom is -0.482 e. The number of methoxy groups -OCH3 is 1. The number of anilines is 3. The number of carbonyl (C=O) groups is 1. The summed E-state index contributed by atoms with van der Waals surface area (Å²) in [5, 5.41) is 6.01. The number of nitrogen functional groups attached to an aromatic ring is 1. The molecule has 0 fully saturated rings. The van der Waals surface area contributed by atoms with Crippen LogP contribution in [0.5, 0.6) is 5.75 Å². The van der Waals surface area contributed by atoms with Crippen molar-refractivity contribution in [3.8, 4) is 5.75 Å². The monoisotopic (exact) mass is 265 g/mol. The van der Waals surface area contributed by atoms with Crippen LogP contribution in [-0.2, 0) is 9.53 Å². The van der Waals surface area contributed by atoms with Gasteiger partial charge in [-0.25, -0.2) is 0 Å². The highest BCUT2D eigenvalue weighted by Crippen LogP contribution is 2.35. The lowest BCUT2D eigenvalue weighted by atomic mass is 10.2. The van der Waals surface area contributed by atoms with E-state index in [4.69, 9.17) is 15.2 Å². The van der Waals surface area contributed by atoms with Crippen LogP contribution in [0, 0.1) is 0 Å². The number of amides is 1. The summed E-state index contributed by atoms with van der Waals surface area (Å²) in [6, 6.07) is 3.53. The molecule has 104 valence electrons. The molecule has 6 nitrogen and oxygen atoms in total. The Bertz CT molecular complexity index is 463. The second-order valence-corrected chi connectivity index (χ2v) is 4.40. The van der Waals surface area contributed by atoms with Crippen molar-refractivity contribution in [1.82, 2.24) is 0 Å². The Hall–Kier alpha value is -1.95. The second kappa shape index (κ2) is 6.29.